The van der Waals surface area contributed by atoms with E-state index in [9.17, 15) is 0 Å². The number of fused-ring (bicyclic) bond motifs is 2. The molecule has 7 nitrogen and oxygen atoms in total. The molecule has 0 radical (unpaired) electrons. The van der Waals surface area contributed by atoms with Crippen molar-refractivity contribution in [2.24, 2.45) is 0 Å². The van der Waals surface area contributed by atoms with E-state index in [1.54, 1.807) is 18.2 Å². The number of halogens is 1. The highest BCUT2D eigenvalue weighted by Crippen LogP contribution is 2.37. The SMILES string of the molecule is [2H]C([2H])([2H])Oc1cc2c(Oc3ccc4[nH]c(C)cc4c3F)ncnc2cc1OCCCN1CCCC1. The molecule has 33 heavy (non-hydrogen) atoms. The molecular formula is C25H27FN4O3. The molecule has 0 saturated carbocycles. The Morgan fingerprint density at radius 1 is 1.09 bits per heavy atom. The molecule has 172 valence electrons. The zero-order chi connectivity index (χ0) is 25.3. The molecular weight excluding hydrogens is 423 g/mol. The highest BCUT2D eigenvalue weighted by atomic mass is 19.1. The molecule has 1 aliphatic heterocycles. The quantitative estimate of drug-likeness (QED) is 0.369. The molecule has 1 aliphatic rings. The Morgan fingerprint density at radius 2 is 1.97 bits per heavy atom. The second-order valence-corrected chi connectivity index (χ2v) is 8.24. The van der Waals surface area contributed by atoms with Crippen molar-refractivity contribution in [1.82, 2.24) is 19.9 Å². The predicted octanol–water partition coefficient (Wildman–Crippen LogP) is 5.22. The van der Waals surface area contributed by atoms with Crippen LogP contribution in [0.5, 0.6) is 23.1 Å². The largest absolute Gasteiger partial charge is 0.493 e. The highest BCUT2D eigenvalue weighted by Gasteiger charge is 2.17. The van der Waals surface area contributed by atoms with Crippen LogP contribution in [0.15, 0.2) is 36.7 Å². The topological polar surface area (TPSA) is 72.5 Å². The summed E-state index contributed by atoms with van der Waals surface area (Å²) in [5, 5.41) is 0.769. The maximum atomic E-state index is 15.1. The van der Waals surface area contributed by atoms with E-state index in [2.05, 4.69) is 19.9 Å². The lowest BCUT2D eigenvalue weighted by Crippen LogP contribution is -2.21. The molecule has 1 N–H and O–H groups in total. The lowest BCUT2D eigenvalue weighted by atomic mass is 10.2. The first kappa shape index (κ1) is 18.1. The Hall–Kier alpha value is -3.39. The molecule has 1 saturated heterocycles. The van der Waals surface area contributed by atoms with Gasteiger partial charge in [0.25, 0.3) is 0 Å². The van der Waals surface area contributed by atoms with Crippen LogP contribution in [0.4, 0.5) is 4.39 Å². The average molecular weight is 454 g/mol. The van der Waals surface area contributed by atoms with E-state index < -0.39 is 12.9 Å². The Balaban J connectivity index is 1.43. The van der Waals surface area contributed by atoms with Crippen LogP contribution in [0.1, 0.15) is 29.1 Å². The second kappa shape index (κ2) is 9.23. The van der Waals surface area contributed by atoms with Crippen molar-refractivity contribution >= 4 is 21.8 Å². The van der Waals surface area contributed by atoms with Gasteiger partial charge in [-0.3, -0.25) is 0 Å². The van der Waals surface area contributed by atoms with Crippen LogP contribution in [0.3, 0.4) is 0 Å². The predicted molar refractivity (Wildman–Crippen MR) is 125 cm³/mol. The zero-order valence-corrected chi connectivity index (χ0v) is 18.4. The number of ether oxygens (including phenoxy) is 3. The first-order valence-corrected chi connectivity index (χ1v) is 11.1. The van der Waals surface area contributed by atoms with Crippen molar-refractivity contribution in [2.45, 2.75) is 26.2 Å². The molecule has 0 aliphatic carbocycles. The van der Waals surface area contributed by atoms with Crippen molar-refractivity contribution in [1.29, 1.82) is 0 Å². The van der Waals surface area contributed by atoms with E-state index in [4.69, 9.17) is 18.3 Å². The summed E-state index contributed by atoms with van der Waals surface area (Å²) in [6, 6.07) is 7.99. The molecule has 2 aromatic carbocycles. The minimum atomic E-state index is -2.69. The number of rotatable bonds is 8. The van der Waals surface area contributed by atoms with Crippen LogP contribution < -0.4 is 14.2 Å². The third kappa shape index (κ3) is 4.43. The summed E-state index contributed by atoms with van der Waals surface area (Å²) in [7, 11) is -2.69. The molecule has 0 spiro atoms. The fourth-order valence-corrected chi connectivity index (χ4v) is 4.26. The number of nitrogens with one attached hydrogen (secondary N) is 1. The number of likely N-dealkylation sites (tertiary alicyclic amines) is 1. The van der Waals surface area contributed by atoms with Crippen LogP contribution in [-0.4, -0.2) is 53.1 Å². The van der Waals surface area contributed by atoms with E-state index in [0.717, 1.165) is 31.7 Å². The normalized spacial score (nSPS) is 16.0. The number of aryl methyl sites for hydroxylation is 1. The van der Waals surface area contributed by atoms with Crippen LogP contribution in [0, 0.1) is 12.7 Å². The number of aromatic nitrogens is 3. The number of aromatic amines is 1. The van der Waals surface area contributed by atoms with Gasteiger partial charge in [-0.15, -0.1) is 0 Å². The van der Waals surface area contributed by atoms with Crippen molar-refractivity contribution in [3.05, 3.63) is 48.2 Å². The van der Waals surface area contributed by atoms with E-state index in [1.807, 2.05) is 6.92 Å². The van der Waals surface area contributed by atoms with Gasteiger partial charge in [-0.1, -0.05) is 0 Å². The smallest absolute Gasteiger partial charge is 0.230 e. The maximum Gasteiger partial charge on any atom is 0.230 e. The van der Waals surface area contributed by atoms with Gasteiger partial charge in [-0.25, -0.2) is 14.4 Å². The summed E-state index contributed by atoms with van der Waals surface area (Å²) in [6.45, 7) is 5.35. The summed E-state index contributed by atoms with van der Waals surface area (Å²) in [4.78, 5) is 13.9. The Bertz CT molecular complexity index is 1390. The van der Waals surface area contributed by atoms with Gasteiger partial charge in [0.1, 0.15) is 6.33 Å². The van der Waals surface area contributed by atoms with Crippen molar-refractivity contribution in [3.63, 3.8) is 0 Å². The fraction of sp³-hybridized carbons (Fsp3) is 0.360. The van der Waals surface area contributed by atoms with Gasteiger partial charge in [0.2, 0.25) is 5.88 Å². The van der Waals surface area contributed by atoms with Gasteiger partial charge in [0.15, 0.2) is 23.1 Å². The van der Waals surface area contributed by atoms with Gasteiger partial charge in [0, 0.05) is 29.2 Å². The number of nitrogens with zero attached hydrogens (tertiary/aromatic N) is 3. The van der Waals surface area contributed by atoms with Gasteiger partial charge in [-0.05, 0) is 63.5 Å². The third-order valence-electron chi connectivity index (χ3n) is 5.89. The summed E-state index contributed by atoms with van der Waals surface area (Å²) >= 11 is 0. The summed E-state index contributed by atoms with van der Waals surface area (Å²) in [5.41, 5.74) is 1.93. The molecule has 5 rings (SSSR count). The van der Waals surface area contributed by atoms with Crippen molar-refractivity contribution in [2.75, 3.05) is 33.3 Å². The summed E-state index contributed by atoms with van der Waals surface area (Å²) in [6.07, 6.45) is 4.53. The van der Waals surface area contributed by atoms with E-state index in [0.29, 0.717) is 28.4 Å². The van der Waals surface area contributed by atoms with Gasteiger partial charge >= 0.3 is 0 Å². The standard InChI is InChI=1S/C25H27FN4O3/c1-16-12-17-19(29-16)6-7-21(24(17)26)33-25-18-13-22(31-2)23(14-20(18)27-15-28-25)32-11-5-10-30-8-3-4-9-30/h6-7,12-15,29H,3-5,8-11H2,1-2H3/i2D3. The molecule has 0 bridgehead atoms. The molecule has 3 heterocycles. The highest BCUT2D eigenvalue weighted by molar-refractivity contribution is 5.87. The van der Waals surface area contributed by atoms with Gasteiger partial charge < -0.3 is 24.1 Å². The molecule has 0 unspecified atom stereocenters. The number of methoxy groups -OCH3 is 1. The average Bonchev–Trinajstić information content (AvgIpc) is 3.47. The molecule has 0 amide bonds. The fourth-order valence-electron chi connectivity index (χ4n) is 4.26. The Morgan fingerprint density at radius 3 is 2.82 bits per heavy atom. The first-order valence-electron chi connectivity index (χ1n) is 12.6. The van der Waals surface area contributed by atoms with Crippen molar-refractivity contribution in [3.8, 4) is 23.1 Å². The Labute approximate surface area is 195 Å². The second-order valence-electron chi connectivity index (χ2n) is 8.24. The van der Waals surface area contributed by atoms with Crippen LogP contribution >= 0.6 is 0 Å². The van der Waals surface area contributed by atoms with Crippen molar-refractivity contribution < 1.29 is 22.7 Å². The number of H-pyrrole nitrogens is 1. The maximum absolute atomic E-state index is 15.1. The van der Waals surface area contributed by atoms with Gasteiger partial charge in [0.05, 0.1) is 28.7 Å². The first-order chi connectivity index (χ1) is 17.3. The monoisotopic (exact) mass is 453 g/mol. The summed E-state index contributed by atoms with van der Waals surface area (Å²) < 4.78 is 54.8. The van der Waals surface area contributed by atoms with Gasteiger partial charge in [-0.2, -0.15) is 0 Å². The lowest BCUT2D eigenvalue weighted by Gasteiger charge is -2.16. The molecule has 2 aromatic heterocycles. The van der Waals surface area contributed by atoms with Crippen LogP contribution in [0.2, 0.25) is 0 Å². The summed E-state index contributed by atoms with van der Waals surface area (Å²) in [5.74, 6) is -0.190. The minimum absolute atomic E-state index is 0.0120. The van der Waals surface area contributed by atoms with Crippen LogP contribution in [-0.2, 0) is 0 Å². The zero-order valence-electron chi connectivity index (χ0n) is 21.4. The van der Waals surface area contributed by atoms with E-state index in [-0.39, 0.29) is 23.1 Å². The molecule has 1 fully saturated rings. The van der Waals surface area contributed by atoms with E-state index in [1.165, 1.54) is 31.3 Å². The number of hydrogen-bond acceptors (Lipinski definition) is 6. The van der Waals surface area contributed by atoms with E-state index >= 15 is 4.39 Å². The molecule has 8 heteroatoms. The number of benzene rings is 2. The lowest BCUT2D eigenvalue weighted by molar-refractivity contribution is 0.254. The van der Waals surface area contributed by atoms with Crippen LogP contribution in [0.25, 0.3) is 21.8 Å². The molecule has 0 atom stereocenters. The number of hydrogen-bond donors (Lipinski definition) is 1. The third-order valence-corrected chi connectivity index (χ3v) is 5.89. The minimum Gasteiger partial charge on any atom is -0.493 e. The molecule has 4 aromatic rings. The Kier molecular flexibility index (Phi) is 5.06.